The first-order valence-corrected chi connectivity index (χ1v) is 8.32. The molecule has 1 amide bonds. The van der Waals surface area contributed by atoms with Crippen LogP contribution in [-0.4, -0.2) is 51.3 Å². The van der Waals surface area contributed by atoms with Gasteiger partial charge in [0.1, 0.15) is 0 Å². The van der Waals surface area contributed by atoms with Crippen LogP contribution in [-0.2, 0) is 11.3 Å². The number of likely N-dealkylation sites (tertiary alicyclic amines) is 1. The van der Waals surface area contributed by atoms with Gasteiger partial charge in [0.2, 0.25) is 5.91 Å². The Morgan fingerprint density at radius 1 is 1.36 bits per heavy atom. The molecule has 132 valence electrons. The maximum atomic E-state index is 12.4. The molecule has 25 heavy (non-hydrogen) atoms. The normalized spacial score (nSPS) is 20.6. The van der Waals surface area contributed by atoms with Gasteiger partial charge >= 0.3 is 5.97 Å². The summed E-state index contributed by atoms with van der Waals surface area (Å²) in [5.41, 5.74) is 1.70. The minimum atomic E-state index is -1.06. The number of carbonyl (C=O) groups excluding carboxylic acids is 1. The fraction of sp³-hybridized carbons (Fsp3) is 0.389. The van der Waals surface area contributed by atoms with Gasteiger partial charge in [-0.3, -0.25) is 4.79 Å². The standard InChI is InChI=1S/C18H22N4O3/c1-12-15(6-8-21(12)2)17(23)19-11-13-4-3-5-14(10-13)22-9-7-16(20-22)18(24)25/h3-5,7,9-10,12,15H,6,8,11H2,1-2H3,(H,19,23)(H,24,25)/t12-,15-/m1/s1. The number of aromatic carboxylic acids is 1. The van der Waals surface area contributed by atoms with E-state index in [9.17, 15) is 9.59 Å². The molecule has 1 aromatic heterocycles. The molecule has 1 aromatic carbocycles. The van der Waals surface area contributed by atoms with Crippen LogP contribution in [0, 0.1) is 5.92 Å². The predicted molar refractivity (Wildman–Crippen MR) is 92.6 cm³/mol. The third-order valence-electron chi connectivity index (χ3n) is 4.86. The Balaban J connectivity index is 1.65. The molecule has 3 rings (SSSR count). The van der Waals surface area contributed by atoms with Crippen molar-refractivity contribution in [2.75, 3.05) is 13.6 Å². The number of carboxylic acid groups (broad SMARTS) is 1. The lowest BCUT2D eigenvalue weighted by molar-refractivity contribution is -0.125. The lowest BCUT2D eigenvalue weighted by Crippen LogP contribution is -2.37. The summed E-state index contributed by atoms with van der Waals surface area (Å²) in [5, 5.41) is 16.0. The number of hydrogen-bond donors (Lipinski definition) is 2. The Bertz CT molecular complexity index is 786. The molecule has 0 unspecified atom stereocenters. The molecular formula is C18H22N4O3. The zero-order valence-corrected chi connectivity index (χ0v) is 14.3. The molecule has 2 aromatic rings. The van der Waals surface area contributed by atoms with Gasteiger partial charge in [0.15, 0.2) is 5.69 Å². The van der Waals surface area contributed by atoms with Crippen LogP contribution < -0.4 is 5.32 Å². The average Bonchev–Trinajstić information content (AvgIpc) is 3.21. The Labute approximate surface area is 146 Å². The molecule has 0 aliphatic carbocycles. The number of amides is 1. The second-order valence-corrected chi connectivity index (χ2v) is 6.45. The predicted octanol–water partition coefficient (Wildman–Crippen LogP) is 1.53. The van der Waals surface area contributed by atoms with Gasteiger partial charge in [0, 0.05) is 18.8 Å². The second kappa shape index (κ2) is 7.06. The highest BCUT2D eigenvalue weighted by Gasteiger charge is 2.33. The third-order valence-corrected chi connectivity index (χ3v) is 4.86. The SMILES string of the molecule is C[C@@H]1[C@H](C(=O)NCc2cccc(-n3ccc(C(=O)O)n3)c2)CCN1C. The fourth-order valence-corrected chi connectivity index (χ4v) is 3.16. The van der Waals surface area contributed by atoms with Crippen LogP contribution in [0.3, 0.4) is 0 Å². The molecule has 1 aliphatic rings. The van der Waals surface area contributed by atoms with Crippen molar-refractivity contribution in [2.24, 2.45) is 5.92 Å². The third kappa shape index (κ3) is 3.71. The molecule has 0 bridgehead atoms. The van der Waals surface area contributed by atoms with Crippen LogP contribution in [0.4, 0.5) is 0 Å². The minimum Gasteiger partial charge on any atom is -0.476 e. The number of hydrogen-bond acceptors (Lipinski definition) is 4. The van der Waals surface area contributed by atoms with Crippen molar-refractivity contribution in [3.05, 3.63) is 47.8 Å². The topological polar surface area (TPSA) is 87.5 Å². The summed E-state index contributed by atoms with van der Waals surface area (Å²) >= 11 is 0. The molecule has 2 heterocycles. The van der Waals surface area contributed by atoms with Gasteiger partial charge in [-0.25, -0.2) is 9.48 Å². The van der Waals surface area contributed by atoms with Crippen LogP contribution in [0.15, 0.2) is 36.5 Å². The number of nitrogens with zero attached hydrogens (tertiary/aromatic N) is 3. The Morgan fingerprint density at radius 3 is 2.80 bits per heavy atom. The molecule has 0 radical (unpaired) electrons. The number of benzene rings is 1. The number of aromatic nitrogens is 2. The fourth-order valence-electron chi connectivity index (χ4n) is 3.16. The van der Waals surface area contributed by atoms with E-state index in [4.69, 9.17) is 5.11 Å². The number of rotatable bonds is 5. The summed E-state index contributed by atoms with van der Waals surface area (Å²) in [6.45, 7) is 3.46. The van der Waals surface area contributed by atoms with Crippen LogP contribution >= 0.6 is 0 Å². The zero-order valence-electron chi connectivity index (χ0n) is 14.3. The van der Waals surface area contributed by atoms with Gasteiger partial charge in [-0.1, -0.05) is 12.1 Å². The number of carboxylic acids is 1. The van der Waals surface area contributed by atoms with Gasteiger partial charge in [-0.2, -0.15) is 5.10 Å². The van der Waals surface area contributed by atoms with E-state index in [0.717, 1.165) is 24.2 Å². The summed E-state index contributed by atoms with van der Waals surface area (Å²) in [5.74, 6) is -0.954. The van der Waals surface area contributed by atoms with Gasteiger partial charge in [-0.05, 0) is 50.7 Å². The van der Waals surface area contributed by atoms with E-state index in [1.165, 1.54) is 10.7 Å². The Morgan fingerprint density at radius 2 is 2.16 bits per heavy atom. The monoisotopic (exact) mass is 342 g/mol. The van der Waals surface area contributed by atoms with Gasteiger partial charge in [-0.15, -0.1) is 0 Å². The van der Waals surface area contributed by atoms with E-state index in [0.29, 0.717) is 6.54 Å². The molecule has 0 saturated carbocycles. The molecule has 7 heteroatoms. The highest BCUT2D eigenvalue weighted by Crippen LogP contribution is 2.22. The molecule has 2 atom stereocenters. The van der Waals surface area contributed by atoms with Crippen molar-refractivity contribution < 1.29 is 14.7 Å². The van der Waals surface area contributed by atoms with E-state index >= 15 is 0 Å². The number of nitrogens with one attached hydrogen (secondary N) is 1. The van der Waals surface area contributed by atoms with Gasteiger partial charge in [0.05, 0.1) is 11.6 Å². The molecular weight excluding hydrogens is 320 g/mol. The maximum absolute atomic E-state index is 12.4. The lowest BCUT2D eigenvalue weighted by Gasteiger charge is -2.19. The maximum Gasteiger partial charge on any atom is 0.356 e. The van der Waals surface area contributed by atoms with Gasteiger partial charge < -0.3 is 15.3 Å². The van der Waals surface area contributed by atoms with Crippen LogP contribution in [0.2, 0.25) is 0 Å². The first kappa shape index (κ1) is 17.2. The highest BCUT2D eigenvalue weighted by atomic mass is 16.4. The van der Waals surface area contributed by atoms with E-state index in [1.807, 2.05) is 31.3 Å². The summed E-state index contributed by atoms with van der Waals surface area (Å²) in [4.78, 5) is 25.5. The van der Waals surface area contributed by atoms with Crippen molar-refractivity contribution >= 4 is 11.9 Å². The molecule has 1 fully saturated rings. The van der Waals surface area contributed by atoms with Crippen LogP contribution in [0.1, 0.15) is 29.4 Å². The summed E-state index contributed by atoms with van der Waals surface area (Å²) < 4.78 is 1.52. The molecule has 2 N–H and O–H groups in total. The van der Waals surface area contributed by atoms with Gasteiger partial charge in [0.25, 0.3) is 0 Å². The average molecular weight is 342 g/mol. The van der Waals surface area contributed by atoms with Crippen molar-refractivity contribution in [2.45, 2.75) is 25.9 Å². The molecule has 7 nitrogen and oxygen atoms in total. The Hall–Kier alpha value is -2.67. The molecule has 1 aliphatic heterocycles. The van der Waals surface area contributed by atoms with Crippen molar-refractivity contribution in [1.82, 2.24) is 20.0 Å². The quantitative estimate of drug-likeness (QED) is 0.860. The van der Waals surface area contributed by atoms with Crippen LogP contribution in [0.5, 0.6) is 0 Å². The van der Waals surface area contributed by atoms with Crippen LogP contribution in [0.25, 0.3) is 5.69 Å². The summed E-state index contributed by atoms with van der Waals surface area (Å²) in [6.07, 6.45) is 2.49. The van der Waals surface area contributed by atoms with Crippen molar-refractivity contribution in [1.29, 1.82) is 0 Å². The van der Waals surface area contributed by atoms with E-state index in [1.54, 1.807) is 6.20 Å². The highest BCUT2D eigenvalue weighted by molar-refractivity contribution is 5.85. The first-order chi connectivity index (χ1) is 12.0. The smallest absolute Gasteiger partial charge is 0.356 e. The molecule has 1 saturated heterocycles. The molecule has 0 spiro atoms. The first-order valence-electron chi connectivity index (χ1n) is 8.32. The largest absolute Gasteiger partial charge is 0.476 e. The number of carbonyl (C=O) groups is 2. The van der Waals surface area contributed by atoms with Crippen molar-refractivity contribution in [3.63, 3.8) is 0 Å². The summed E-state index contributed by atoms with van der Waals surface area (Å²) in [7, 11) is 2.04. The van der Waals surface area contributed by atoms with E-state index in [2.05, 4.69) is 22.2 Å². The van der Waals surface area contributed by atoms with E-state index in [-0.39, 0.29) is 23.6 Å². The lowest BCUT2D eigenvalue weighted by atomic mass is 10.0. The summed E-state index contributed by atoms with van der Waals surface area (Å²) in [6, 6.07) is 9.24. The van der Waals surface area contributed by atoms with Crippen molar-refractivity contribution in [3.8, 4) is 5.69 Å². The Kier molecular flexibility index (Phi) is 4.85. The van der Waals surface area contributed by atoms with E-state index < -0.39 is 5.97 Å². The second-order valence-electron chi connectivity index (χ2n) is 6.45. The minimum absolute atomic E-state index is 0.00181. The zero-order chi connectivity index (χ0) is 18.0.